The van der Waals surface area contributed by atoms with Gasteiger partial charge in [0.05, 0.1) is 0 Å². The van der Waals surface area contributed by atoms with Crippen molar-refractivity contribution in [2.75, 3.05) is 18.1 Å². The van der Waals surface area contributed by atoms with Crippen molar-refractivity contribution < 1.29 is 9.90 Å². The summed E-state index contributed by atoms with van der Waals surface area (Å²) in [5.41, 5.74) is -0.756. The number of hydrogen-bond donors (Lipinski definition) is 2. The summed E-state index contributed by atoms with van der Waals surface area (Å²) < 4.78 is 0. The standard InChI is InChI=1S/C11H23NO2S/c1-4-6-8-15-9-7-11(3,10(13)14)12-5-2/h12H,4-9H2,1-3H3,(H,13,14). The predicted molar refractivity (Wildman–Crippen MR) is 66.6 cm³/mol. The van der Waals surface area contributed by atoms with Gasteiger partial charge in [-0.1, -0.05) is 20.3 Å². The van der Waals surface area contributed by atoms with Crippen molar-refractivity contribution in [1.82, 2.24) is 5.32 Å². The first kappa shape index (κ1) is 14.8. The maximum Gasteiger partial charge on any atom is 0.323 e. The number of likely N-dealkylation sites (N-methyl/N-ethyl adjacent to an activating group) is 1. The Morgan fingerprint density at radius 3 is 2.53 bits per heavy atom. The second-order valence-corrected chi connectivity index (χ2v) is 5.11. The number of rotatable bonds is 9. The van der Waals surface area contributed by atoms with Crippen molar-refractivity contribution >= 4 is 17.7 Å². The molecule has 0 spiro atoms. The molecule has 0 aliphatic heterocycles. The third kappa shape index (κ3) is 6.05. The number of carboxylic acids is 1. The van der Waals surface area contributed by atoms with Crippen LogP contribution in [0.2, 0.25) is 0 Å². The molecule has 0 saturated heterocycles. The molecule has 2 N–H and O–H groups in total. The molecule has 0 amide bonds. The minimum absolute atomic E-state index is 0.685. The Balaban J connectivity index is 3.81. The van der Waals surface area contributed by atoms with Crippen LogP contribution in [0.1, 0.15) is 40.0 Å². The Labute approximate surface area is 97.0 Å². The first-order valence-corrected chi connectivity index (χ1v) is 6.78. The summed E-state index contributed by atoms with van der Waals surface area (Å²) in [5, 5.41) is 12.1. The second kappa shape index (κ2) is 7.99. The zero-order valence-corrected chi connectivity index (χ0v) is 10.8. The van der Waals surface area contributed by atoms with Gasteiger partial charge in [-0.2, -0.15) is 11.8 Å². The third-order valence-corrected chi connectivity index (χ3v) is 3.50. The SMILES string of the molecule is CCCCSCCC(C)(NCC)C(=O)O. The lowest BCUT2D eigenvalue weighted by atomic mass is 9.99. The number of thioether (sulfide) groups is 1. The number of carbonyl (C=O) groups is 1. The van der Waals surface area contributed by atoms with E-state index in [-0.39, 0.29) is 0 Å². The highest BCUT2D eigenvalue weighted by Crippen LogP contribution is 2.15. The molecule has 1 atom stereocenters. The molecule has 1 unspecified atom stereocenters. The maximum atomic E-state index is 11.1. The lowest BCUT2D eigenvalue weighted by Crippen LogP contribution is -2.49. The number of aliphatic carboxylic acids is 1. The van der Waals surface area contributed by atoms with Crippen LogP contribution in [0, 0.1) is 0 Å². The first-order chi connectivity index (χ1) is 7.06. The van der Waals surface area contributed by atoms with E-state index in [1.165, 1.54) is 12.8 Å². The topological polar surface area (TPSA) is 49.3 Å². The average molecular weight is 233 g/mol. The zero-order valence-electron chi connectivity index (χ0n) is 10.0. The van der Waals surface area contributed by atoms with Crippen molar-refractivity contribution in [3.8, 4) is 0 Å². The Kier molecular flexibility index (Phi) is 7.88. The molecule has 0 saturated carbocycles. The average Bonchev–Trinajstić information content (AvgIpc) is 2.18. The lowest BCUT2D eigenvalue weighted by Gasteiger charge is -2.25. The van der Waals surface area contributed by atoms with Crippen molar-refractivity contribution in [2.24, 2.45) is 0 Å². The van der Waals surface area contributed by atoms with Crippen LogP contribution >= 0.6 is 11.8 Å². The van der Waals surface area contributed by atoms with E-state index in [2.05, 4.69) is 12.2 Å². The summed E-state index contributed by atoms with van der Waals surface area (Å²) in [4.78, 5) is 11.1. The van der Waals surface area contributed by atoms with Crippen molar-refractivity contribution in [3.05, 3.63) is 0 Å². The largest absolute Gasteiger partial charge is 0.480 e. The molecule has 0 aromatic carbocycles. The van der Waals surface area contributed by atoms with E-state index in [1.54, 1.807) is 6.92 Å². The Morgan fingerprint density at radius 1 is 1.40 bits per heavy atom. The second-order valence-electron chi connectivity index (χ2n) is 3.88. The smallest absolute Gasteiger partial charge is 0.323 e. The third-order valence-electron chi connectivity index (χ3n) is 2.43. The minimum atomic E-state index is -0.756. The van der Waals surface area contributed by atoms with Gasteiger partial charge >= 0.3 is 5.97 Å². The number of hydrogen-bond acceptors (Lipinski definition) is 3. The van der Waals surface area contributed by atoms with E-state index < -0.39 is 11.5 Å². The monoisotopic (exact) mass is 233 g/mol. The van der Waals surface area contributed by atoms with E-state index in [0.29, 0.717) is 13.0 Å². The molecule has 0 rings (SSSR count). The van der Waals surface area contributed by atoms with Gasteiger partial charge in [0.15, 0.2) is 0 Å². The summed E-state index contributed by atoms with van der Waals surface area (Å²) in [6.45, 7) is 6.56. The molecule has 0 aliphatic rings. The fourth-order valence-corrected chi connectivity index (χ4v) is 2.54. The molecule has 0 fully saturated rings. The van der Waals surface area contributed by atoms with Crippen LogP contribution in [0.15, 0.2) is 0 Å². The summed E-state index contributed by atoms with van der Waals surface area (Å²) in [5.74, 6) is 1.30. The van der Waals surface area contributed by atoms with Crippen LogP contribution in [-0.2, 0) is 4.79 Å². The molecule has 0 radical (unpaired) electrons. The molecule has 3 nitrogen and oxygen atoms in total. The van der Waals surface area contributed by atoms with E-state index in [9.17, 15) is 4.79 Å². The molecule has 0 heterocycles. The molecule has 0 aromatic rings. The van der Waals surface area contributed by atoms with Crippen LogP contribution < -0.4 is 5.32 Å². The molecule has 0 aromatic heterocycles. The van der Waals surface area contributed by atoms with Gasteiger partial charge in [-0.25, -0.2) is 0 Å². The van der Waals surface area contributed by atoms with E-state index >= 15 is 0 Å². The van der Waals surface area contributed by atoms with Crippen molar-refractivity contribution in [3.63, 3.8) is 0 Å². The van der Waals surface area contributed by atoms with Gasteiger partial charge in [-0.15, -0.1) is 0 Å². The summed E-state index contributed by atoms with van der Waals surface area (Å²) in [6.07, 6.45) is 3.11. The van der Waals surface area contributed by atoms with Gasteiger partial charge in [0, 0.05) is 0 Å². The van der Waals surface area contributed by atoms with Crippen LogP contribution in [0.4, 0.5) is 0 Å². The molecule has 0 aliphatic carbocycles. The Hall–Kier alpha value is -0.220. The van der Waals surface area contributed by atoms with Crippen molar-refractivity contribution in [2.45, 2.75) is 45.6 Å². The fraction of sp³-hybridized carbons (Fsp3) is 0.909. The molecule has 90 valence electrons. The van der Waals surface area contributed by atoms with Crippen LogP contribution in [0.3, 0.4) is 0 Å². The minimum Gasteiger partial charge on any atom is -0.480 e. The van der Waals surface area contributed by atoms with Gasteiger partial charge in [0.25, 0.3) is 0 Å². The molecular formula is C11H23NO2S. The number of carboxylic acid groups (broad SMARTS) is 1. The highest BCUT2D eigenvalue weighted by molar-refractivity contribution is 7.99. The normalized spacial score (nSPS) is 14.9. The van der Waals surface area contributed by atoms with Gasteiger partial charge in [-0.05, 0) is 37.8 Å². The molecule has 15 heavy (non-hydrogen) atoms. The predicted octanol–water partition coefficient (Wildman–Crippen LogP) is 2.36. The van der Waals surface area contributed by atoms with Gasteiger partial charge < -0.3 is 10.4 Å². The first-order valence-electron chi connectivity index (χ1n) is 5.63. The quantitative estimate of drug-likeness (QED) is 0.600. The van der Waals surface area contributed by atoms with E-state index in [4.69, 9.17) is 5.11 Å². The van der Waals surface area contributed by atoms with Gasteiger partial charge in [0.2, 0.25) is 0 Å². The number of nitrogens with one attached hydrogen (secondary N) is 1. The van der Waals surface area contributed by atoms with Crippen LogP contribution in [-0.4, -0.2) is 34.7 Å². The zero-order chi connectivity index (χ0) is 11.7. The van der Waals surface area contributed by atoms with Gasteiger partial charge in [-0.3, -0.25) is 4.79 Å². The van der Waals surface area contributed by atoms with Gasteiger partial charge in [0.1, 0.15) is 5.54 Å². The van der Waals surface area contributed by atoms with Crippen molar-refractivity contribution in [1.29, 1.82) is 0 Å². The number of unbranched alkanes of at least 4 members (excludes halogenated alkanes) is 1. The Morgan fingerprint density at radius 2 is 2.07 bits per heavy atom. The lowest BCUT2D eigenvalue weighted by molar-refractivity contribution is -0.144. The molecule has 4 heteroatoms. The highest BCUT2D eigenvalue weighted by atomic mass is 32.2. The highest BCUT2D eigenvalue weighted by Gasteiger charge is 2.31. The van der Waals surface area contributed by atoms with Crippen LogP contribution in [0.5, 0.6) is 0 Å². The molecule has 0 bridgehead atoms. The molecular weight excluding hydrogens is 210 g/mol. The fourth-order valence-electron chi connectivity index (χ4n) is 1.29. The summed E-state index contributed by atoms with van der Waals surface area (Å²) >= 11 is 1.84. The van der Waals surface area contributed by atoms with E-state index in [1.807, 2.05) is 18.7 Å². The van der Waals surface area contributed by atoms with Crippen LogP contribution in [0.25, 0.3) is 0 Å². The summed E-state index contributed by atoms with van der Waals surface area (Å²) in [6, 6.07) is 0. The summed E-state index contributed by atoms with van der Waals surface area (Å²) in [7, 11) is 0. The Bertz CT molecular complexity index is 187. The van der Waals surface area contributed by atoms with E-state index in [0.717, 1.165) is 11.5 Å². The maximum absolute atomic E-state index is 11.1.